The lowest BCUT2D eigenvalue weighted by molar-refractivity contribution is -0.0436. The normalized spacial score (nSPS) is 21.4. The van der Waals surface area contributed by atoms with Crippen LogP contribution in [0.25, 0.3) is 0 Å². The van der Waals surface area contributed by atoms with Crippen LogP contribution in [0.4, 0.5) is 24.7 Å². The van der Waals surface area contributed by atoms with Crippen LogP contribution in [-0.4, -0.2) is 42.2 Å². The molecule has 2 aromatic rings. The van der Waals surface area contributed by atoms with Crippen LogP contribution in [0.1, 0.15) is 42.6 Å². The van der Waals surface area contributed by atoms with Crippen LogP contribution >= 0.6 is 0 Å². The number of nitriles is 1. The molecule has 178 valence electrons. The Morgan fingerprint density at radius 2 is 1.97 bits per heavy atom. The molecular formula is C20H23F3N6O3S. The van der Waals surface area contributed by atoms with Gasteiger partial charge in [0.25, 0.3) is 15.7 Å². The minimum absolute atomic E-state index is 0.0347. The van der Waals surface area contributed by atoms with Crippen molar-refractivity contribution < 1.29 is 26.4 Å². The number of nitrogens with two attached hydrogens (primary N) is 1. The molecule has 13 heteroatoms. The van der Waals surface area contributed by atoms with Gasteiger partial charge in [0, 0.05) is 17.9 Å². The predicted octanol–water partition coefficient (Wildman–Crippen LogP) is 2.86. The van der Waals surface area contributed by atoms with E-state index in [0.29, 0.717) is 12.8 Å². The van der Waals surface area contributed by atoms with Gasteiger partial charge in [0.1, 0.15) is 5.56 Å². The van der Waals surface area contributed by atoms with E-state index in [2.05, 4.69) is 21.8 Å². The van der Waals surface area contributed by atoms with Gasteiger partial charge in [-0.1, -0.05) is 6.92 Å². The van der Waals surface area contributed by atoms with Gasteiger partial charge in [-0.25, -0.2) is 8.42 Å². The Morgan fingerprint density at radius 3 is 2.52 bits per heavy atom. The quantitative estimate of drug-likeness (QED) is 0.548. The number of nitrogens with one attached hydrogen (secondary N) is 2. The second-order valence-corrected chi connectivity index (χ2v) is 9.65. The van der Waals surface area contributed by atoms with Crippen LogP contribution in [-0.2, 0) is 9.84 Å². The predicted molar refractivity (Wildman–Crippen MR) is 113 cm³/mol. The zero-order valence-corrected chi connectivity index (χ0v) is 18.4. The molecular weight excluding hydrogens is 461 g/mol. The van der Waals surface area contributed by atoms with Gasteiger partial charge in [0.15, 0.2) is 5.82 Å². The van der Waals surface area contributed by atoms with Crippen LogP contribution in [0.5, 0.6) is 0 Å². The van der Waals surface area contributed by atoms with Gasteiger partial charge in [0.2, 0.25) is 0 Å². The summed E-state index contributed by atoms with van der Waals surface area (Å²) in [7, 11) is -5.47. The highest BCUT2D eigenvalue weighted by Crippen LogP contribution is 2.35. The number of carbonyl (C=O) groups is 1. The van der Waals surface area contributed by atoms with Crippen molar-refractivity contribution in [3.05, 3.63) is 36.0 Å². The molecule has 0 saturated heterocycles. The van der Waals surface area contributed by atoms with Gasteiger partial charge in [-0.05, 0) is 50.1 Å². The third-order valence-corrected chi connectivity index (χ3v) is 7.04. The largest absolute Gasteiger partial charge is 0.501 e. The van der Waals surface area contributed by atoms with Gasteiger partial charge < -0.3 is 16.4 Å². The summed E-state index contributed by atoms with van der Waals surface area (Å²) in [6, 6.07) is 6.09. The van der Waals surface area contributed by atoms with Crippen molar-refractivity contribution in [1.82, 2.24) is 15.1 Å². The molecule has 1 amide bonds. The fourth-order valence-electron chi connectivity index (χ4n) is 3.91. The van der Waals surface area contributed by atoms with E-state index in [1.165, 1.54) is 10.9 Å². The highest BCUT2D eigenvalue weighted by molar-refractivity contribution is 7.92. The van der Waals surface area contributed by atoms with Crippen LogP contribution in [0.3, 0.4) is 0 Å². The number of sulfone groups is 1. The molecule has 0 radical (unpaired) electrons. The molecule has 1 aromatic heterocycles. The van der Waals surface area contributed by atoms with E-state index >= 15 is 0 Å². The fraction of sp³-hybridized carbons (Fsp3) is 0.450. The minimum Gasteiger partial charge on any atom is -0.365 e. The number of halogens is 3. The molecule has 4 N–H and O–H groups in total. The number of primary amides is 1. The van der Waals surface area contributed by atoms with Crippen molar-refractivity contribution in [2.75, 3.05) is 11.9 Å². The van der Waals surface area contributed by atoms with E-state index in [-0.39, 0.29) is 35.1 Å². The van der Waals surface area contributed by atoms with Crippen molar-refractivity contribution in [2.45, 2.75) is 48.7 Å². The average Bonchev–Trinajstić information content (AvgIpc) is 3.17. The summed E-state index contributed by atoms with van der Waals surface area (Å²) in [6.07, 6.45) is 3.54. The van der Waals surface area contributed by atoms with E-state index in [9.17, 15) is 31.6 Å². The Morgan fingerprint density at radius 1 is 1.30 bits per heavy atom. The van der Waals surface area contributed by atoms with Crippen molar-refractivity contribution in [3.63, 3.8) is 0 Å². The van der Waals surface area contributed by atoms with Gasteiger partial charge >= 0.3 is 5.51 Å². The molecule has 3 atom stereocenters. The smallest absolute Gasteiger partial charge is 0.365 e. The van der Waals surface area contributed by atoms with Crippen molar-refractivity contribution in [3.8, 4) is 6.07 Å². The summed E-state index contributed by atoms with van der Waals surface area (Å²) in [6.45, 7) is 2.78. The molecule has 1 aliphatic carbocycles. The van der Waals surface area contributed by atoms with Crippen LogP contribution in [0.15, 0.2) is 35.4 Å². The molecule has 0 bridgehead atoms. The molecule has 1 heterocycles. The van der Waals surface area contributed by atoms with E-state index in [1.54, 1.807) is 0 Å². The number of aromatic nitrogens is 2. The van der Waals surface area contributed by atoms with Gasteiger partial charge in [0.05, 0.1) is 22.9 Å². The molecule has 3 unspecified atom stereocenters. The Bertz CT molecular complexity index is 1160. The Hall–Kier alpha value is -3.11. The Balaban J connectivity index is 1.85. The number of hydrogen-bond acceptors (Lipinski definition) is 7. The third kappa shape index (κ3) is 5.12. The molecule has 0 spiro atoms. The molecule has 1 saturated carbocycles. The lowest BCUT2D eigenvalue weighted by Gasteiger charge is -2.32. The number of amides is 1. The first-order valence-electron chi connectivity index (χ1n) is 10.2. The Labute approximate surface area is 188 Å². The lowest BCUT2D eigenvalue weighted by atomic mass is 9.82. The third-order valence-electron chi connectivity index (χ3n) is 5.54. The number of benzene rings is 1. The standard InChI is InChI=1S/C20H23F3N6O3S/c1-2-26-14-5-8-17(12(9-14)10-24)29-11-16(18(25)30)19(28-29)27-13-3-6-15(7-4-13)33(31,32)20(21,22)23/h3-4,6-7,11-12,14,17,26H,2,5,8-9H2,1H3,(H2,25,30)(H,27,28). The monoisotopic (exact) mass is 484 g/mol. The van der Waals surface area contributed by atoms with Crippen LogP contribution in [0, 0.1) is 17.2 Å². The van der Waals surface area contributed by atoms with Gasteiger partial charge in [-0.3, -0.25) is 9.48 Å². The summed E-state index contributed by atoms with van der Waals surface area (Å²) < 4.78 is 62.7. The average molecular weight is 485 g/mol. The van der Waals surface area contributed by atoms with Crippen molar-refractivity contribution in [2.24, 2.45) is 11.7 Å². The first-order chi connectivity index (χ1) is 15.5. The maximum absolute atomic E-state index is 12.7. The zero-order chi connectivity index (χ0) is 24.4. The summed E-state index contributed by atoms with van der Waals surface area (Å²) >= 11 is 0. The highest BCUT2D eigenvalue weighted by atomic mass is 32.2. The van der Waals surface area contributed by atoms with E-state index < -0.39 is 26.1 Å². The molecule has 3 rings (SSSR count). The van der Waals surface area contributed by atoms with Gasteiger partial charge in [-0.2, -0.15) is 23.5 Å². The summed E-state index contributed by atoms with van der Waals surface area (Å²) in [5.41, 5.74) is 0.283. The number of carbonyl (C=O) groups excluding carboxylic acids is 1. The number of alkyl halides is 3. The van der Waals surface area contributed by atoms with Crippen molar-refractivity contribution in [1.29, 1.82) is 5.26 Å². The topological polar surface area (TPSA) is 143 Å². The minimum atomic E-state index is -5.47. The molecule has 33 heavy (non-hydrogen) atoms. The number of anilines is 2. The summed E-state index contributed by atoms with van der Waals surface area (Å²) in [5, 5.41) is 20.1. The maximum Gasteiger partial charge on any atom is 0.501 e. The molecule has 9 nitrogen and oxygen atoms in total. The van der Waals surface area contributed by atoms with Gasteiger partial charge in [-0.15, -0.1) is 0 Å². The van der Waals surface area contributed by atoms with Crippen LogP contribution in [0.2, 0.25) is 0 Å². The van der Waals surface area contributed by atoms with E-state index in [0.717, 1.165) is 37.2 Å². The number of nitrogens with zero attached hydrogens (tertiary/aromatic N) is 3. The van der Waals surface area contributed by atoms with E-state index in [4.69, 9.17) is 5.73 Å². The Kier molecular flexibility index (Phi) is 6.99. The fourth-order valence-corrected chi connectivity index (χ4v) is 4.67. The zero-order valence-electron chi connectivity index (χ0n) is 17.6. The van der Waals surface area contributed by atoms with Crippen molar-refractivity contribution >= 4 is 27.2 Å². The first-order valence-corrected chi connectivity index (χ1v) is 11.7. The number of rotatable bonds is 7. The molecule has 1 aliphatic rings. The number of hydrogen-bond donors (Lipinski definition) is 3. The second kappa shape index (κ2) is 9.40. The second-order valence-electron chi connectivity index (χ2n) is 7.70. The SMILES string of the molecule is CCNC1CCC(n2cc(C(N)=O)c(Nc3ccc(S(=O)(=O)C(F)(F)F)cc3)n2)C(C#N)C1. The first kappa shape index (κ1) is 24.5. The molecule has 1 fully saturated rings. The van der Waals surface area contributed by atoms with Crippen LogP contribution < -0.4 is 16.4 Å². The lowest BCUT2D eigenvalue weighted by Crippen LogP contribution is -2.38. The summed E-state index contributed by atoms with van der Waals surface area (Å²) in [4.78, 5) is 11.0. The molecule has 1 aromatic carbocycles. The molecule has 0 aliphatic heterocycles. The van der Waals surface area contributed by atoms with E-state index in [1.807, 2.05) is 6.92 Å². The summed E-state index contributed by atoms with van der Waals surface area (Å²) in [5.74, 6) is -1.07. The maximum atomic E-state index is 12.7. The highest BCUT2D eigenvalue weighted by Gasteiger charge is 2.46.